The first-order valence-corrected chi connectivity index (χ1v) is 23.4. The Labute approximate surface area is 386 Å². The molecule has 2 fully saturated rings. The Morgan fingerprint density at radius 3 is 2.02 bits per heavy atom. The Kier molecular flexibility index (Phi) is 20.0. The maximum Gasteiger partial charge on any atom is 0.312 e. The summed E-state index contributed by atoms with van der Waals surface area (Å²) >= 11 is 0. The molecule has 10 N–H and O–H groups in total. The molecule has 3 aromatic rings. The number of likely N-dealkylation sites (N-methyl/N-ethyl adjacent to an activating group) is 1. The van der Waals surface area contributed by atoms with E-state index in [0.29, 0.717) is 31.7 Å². The van der Waals surface area contributed by atoms with Crippen molar-refractivity contribution in [2.24, 2.45) is 11.7 Å². The standard InChI is InChI=1S/C48H68N10O8/c1-31(60)54-41(27-33-16-7-4-8-17-33)45(63)56-39(47(65)58-25-13-18-35(58)30-59)22-12-23-51-43(61)38(21-11-24-52-48(49)66)55-46(64)42(28-34-29-53-37-20-10-9-19-36(34)37)57-44(62)40(50-2)26-32-14-5-3-6-15-32/h4,7-10,16-17,19-20,29-30,32,35,38-42,50,53H,3,5-6,11-15,18,21-28H2,1-2H3,(H,51,61)(H,54,60)(H,55,64)(H,56,63)(H,57,62)(H3,49,52,66)/t35?,38?,39-,40+,41-,42?/m0/s1. The highest BCUT2D eigenvalue weighted by atomic mass is 16.2. The second-order valence-corrected chi connectivity index (χ2v) is 17.5. The van der Waals surface area contributed by atoms with Crippen molar-refractivity contribution in [3.05, 3.63) is 71.9 Å². The fraction of sp³-hybridized carbons (Fsp3) is 0.542. The lowest BCUT2D eigenvalue weighted by atomic mass is 9.84. The summed E-state index contributed by atoms with van der Waals surface area (Å²) in [5, 5.41) is 20.8. The molecule has 358 valence electrons. The van der Waals surface area contributed by atoms with Gasteiger partial charge in [0.2, 0.25) is 35.4 Å². The lowest BCUT2D eigenvalue weighted by molar-refractivity contribution is -0.139. The van der Waals surface area contributed by atoms with Crippen LogP contribution in [0, 0.1) is 5.92 Å². The Bertz CT molecular complexity index is 2110. The number of nitrogens with two attached hydrogens (primary N) is 1. The SMILES string of the molecule is CN[C@H](CC1CCCCC1)C(=O)NC(Cc1c[nH]c2ccccc12)C(=O)NC(CCCNC(N)=O)C(=O)NCCC[C@H](NC(=O)[C@H](Cc1ccccc1)NC(C)=O)C(=O)N1CCCC1C=O. The van der Waals surface area contributed by atoms with Gasteiger partial charge in [0.15, 0.2) is 0 Å². The van der Waals surface area contributed by atoms with Crippen LogP contribution in [0.25, 0.3) is 10.9 Å². The van der Waals surface area contributed by atoms with Gasteiger partial charge in [0.05, 0.1) is 12.1 Å². The van der Waals surface area contributed by atoms with E-state index in [2.05, 4.69) is 42.2 Å². The van der Waals surface area contributed by atoms with E-state index in [-0.39, 0.29) is 57.5 Å². The summed E-state index contributed by atoms with van der Waals surface area (Å²) < 4.78 is 0. The predicted molar refractivity (Wildman–Crippen MR) is 249 cm³/mol. The average Bonchev–Trinajstić information content (AvgIpc) is 3.97. The maximum atomic E-state index is 14.3. The third kappa shape index (κ3) is 15.4. The van der Waals surface area contributed by atoms with Gasteiger partial charge in [-0.15, -0.1) is 0 Å². The molecule has 1 saturated heterocycles. The second kappa shape index (κ2) is 26.0. The van der Waals surface area contributed by atoms with E-state index >= 15 is 0 Å². The largest absolute Gasteiger partial charge is 0.361 e. The number of hydrogen-bond acceptors (Lipinski definition) is 9. The summed E-state index contributed by atoms with van der Waals surface area (Å²) in [6, 6.07) is 10.7. The fourth-order valence-corrected chi connectivity index (χ4v) is 9.06. The van der Waals surface area contributed by atoms with E-state index in [4.69, 9.17) is 5.73 Å². The Morgan fingerprint density at radius 1 is 0.712 bits per heavy atom. The number of aromatic nitrogens is 1. The number of H-pyrrole nitrogens is 1. The third-order valence-electron chi connectivity index (χ3n) is 12.6. The van der Waals surface area contributed by atoms with Crippen LogP contribution in [-0.4, -0.2) is 121 Å². The molecule has 1 aliphatic carbocycles. The van der Waals surface area contributed by atoms with Crippen LogP contribution in [0.4, 0.5) is 4.79 Å². The van der Waals surface area contributed by atoms with E-state index in [9.17, 15) is 38.4 Å². The monoisotopic (exact) mass is 913 g/mol. The number of carbonyl (C=O) groups is 8. The van der Waals surface area contributed by atoms with Crippen LogP contribution < -0.4 is 43.0 Å². The molecular formula is C48H68N10O8. The normalized spacial score (nSPS) is 17.4. The van der Waals surface area contributed by atoms with Crippen LogP contribution in [-0.2, 0) is 46.4 Å². The molecule has 6 atom stereocenters. The van der Waals surface area contributed by atoms with E-state index in [1.165, 1.54) is 18.2 Å². The molecule has 66 heavy (non-hydrogen) atoms. The molecule has 3 unspecified atom stereocenters. The number of aldehydes is 1. The number of para-hydroxylation sites is 1. The van der Waals surface area contributed by atoms with Crippen LogP contribution in [0.1, 0.15) is 95.1 Å². The smallest absolute Gasteiger partial charge is 0.312 e. The first kappa shape index (κ1) is 50.7. The minimum Gasteiger partial charge on any atom is -0.361 e. The minimum atomic E-state index is -1.09. The number of amides is 8. The number of aromatic amines is 1. The van der Waals surface area contributed by atoms with Crippen molar-refractivity contribution < 1.29 is 38.4 Å². The number of primary amides is 1. The van der Waals surface area contributed by atoms with Crippen molar-refractivity contribution in [2.45, 2.75) is 133 Å². The van der Waals surface area contributed by atoms with Crippen molar-refractivity contribution in [1.29, 1.82) is 0 Å². The van der Waals surface area contributed by atoms with Crippen molar-refractivity contribution >= 4 is 58.7 Å². The Hall–Kier alpha value is -6.30. The predicted octanol–water partition coefficient (Wildman–Crippen LogP) is 2.01. The molecule has 2 aromatic carbocycles. The molecule has 8 amide bonds. The van der Waals surface area contributed by atoms with Gasteiger partial charge in [-0.2, -0.15) is 0 Å². The minimum absolute atomic E-state index is 0.0428. The highest BCUT2D eigenvalue weighted by molar-refractivity contribution is 5.95. The van der Waals surface area contributed by atoms with Crippen molar-refractivity contribution in [3.63, 3.8) is 0 Å². The lowest BCUT2D eigenvalue weighted by Gasteiger charge is -2.29. The number of urea groups is 1. The van der Waals surface area contributed by atoms with Gasteiger partial charge in [-0.25, -0.2) is 4.79 Å². The first-order valence-electron chi connectivity index (χ1n) is 23.4. The van der Waals surface area contributed by atoms with Crippen LogP contribution >= 0.6 is 0 Å². The van der Waals surface area contributed by atoms with Crippen molar-refractivity contribution in [1.82, 2.24) is 47.1 Å². The number of carbonyl (C=O) groups excluding carboxylic acids is 8. The van der Waals surface area contributed by atoms with Gasteiger partial charge in [-0.05, 0) is 75.1 Å². The molecule has 18 nitrogen and oxygen atoms in total. The van der Waals surface area contributed by atoms with E-state index in [1.54, 1.807) is 13.2 Å². The zero-order valence-electron chi connectivity index (χ0n) is 38.2. The fourth-order valence-electron chi connectivity index (χ4n) is 9.06. The van der Waals surface area contributed by atoms with Crippen LogP contribution in [0.3, 0.4) is 0 Å². The molecule has 2 heterocycles. The number of nitrogens with one attached hydrogen (secondary N) is 8. The van der Waals surface area contributed by atoms with Crippen molar-refractivity contribution in [2.75, 3.05) is 26.7 Å². The van der Waals surface area contributed by atoms with Gasteiger partial charge in [0.25, 0.3) is 0 Å². The molecule has 0 spiro atoms. The Balaban J connectivity index is 1.29. The zero-order valence-corrected chi connectivity index (χ0v) is 38.2. The van der Waals surface area contributed by atoms with Gasteiger partial charge in [0, 0.05) is 56.5 Å². The second-order valence-electron chi connectivity index (χ2n) is 17.5. The number of benzene rings is 2. The molecule has 1 aromatic heterocycles. The summed E-state index contributed by atoms with van der Waals surface area (Å²) in [5.41, 5.74) is 7.76. The topological polar surface area (TPSA) is 266 Å². The summed E-state index contributed by atoms with van der Waals surface area (Å²) in [7, 11) is 1.73. The number of nitrogens with zero attached hydrogens (tertiary/aromatic N) is 1. The highest BCUT2D eigenvalue weighted by Gasteiger charge is 2.35. The summed E-state index contributed by atoms with van der Waals surface area (Å²) in [6.45, 7) is 1.83. The molecule has 0 radical (unpaired) electrons. The van der Waals surface area contributed by atoms with Gasteiger partial charge in [-0.3, -0.25) is 28.8 Å². The number of fused-ring (bicyclic) bond motifs is 1. The third-order valence-corrected chi connectivity index (χ3v) is 12.6. The van der Waals surface area contributed by atoms with Crippen LogP contribution in [0.2, 0.25) is 0 Å². The van der Waals surface area contributed by atoms with Crippen LogP contribution in [0.15, 0.2) is 60.8 Å². The molecule has 18 heteroatoms. The lowest BCUT2D eigenvalue weighted by Crippen LogP contribution is -2.57. The molecule has 1 aliphatic heterocycles. The van der Waals surface area contributed by atoms with Gasteiger partial charge < -0.3 is 57.6 Å². The molecule has 2 aliphatic rings. The van der Waals surface area contributed by atoms with Crippen LogP contribution in [0.5, 0.6) is 0 Å². The average molecular weight is 913 g/mol. The maximum absolute atomic E-state index is 14.3. The van der Waals surface area contributed by atoms with Gasteiger partial charge >= 0.3 is 6.03 Å². The number of hydrogen-bond donors (Lipinski definition) is 9. The summed E-state index contributed by atoms with van der Waals surface area (Å²) in [6.07, 6.45) is 10.8. The van der Waals surface area contributed by atoms with E-state index in [1.807, 2.05) is 54.6 Å². The molecule has 1 saturated carbocycles. The molecule has 0 bridgehead atoms. The Morgan fingerprint density at radius 2 is 1.33 bits per heavy atom. The van der Waals surface area contributed by atoms with Gasteiger partial charge in [0.1, 0.15) is 30.5 Å². The number of rotatable bonds is 25. The zero-order chi connectivity index (χ0) is 47.4. The summed E-state index contributed by atoms with van der Waals surface area (Å²) in [5.74, 6) is -2.47. The first-order chi connectivity index (χ1) is 31.9. The van der Waals surface area contributed by atoms with E-state index in [0.717, 1.165) is 54.0 Å². The van der Waals surface area contributed by atoms with Crippen molar-refractivity contribution in [3.8, 4) is 0 Å². The number of likely N-dealkylation sites (tertiary alicyclic amines) is 1. The van der Waals surface area contributed by atoms with E-state index < -0.39 is 71.8 Å². The van der Waals surface area contributed by atoms with Gasteiger partial charge in [-0.1, -0.05) is 80.6 Å². The highest BCUT2D eigenvalue weighted by Crippen LogP contribution is 2.28. The molecule has 5 rings (SSSR count). The summed E-state index contributed by atoms with van der Waals surface area (Å²) in [4.78, 5) is 110. The molecular weight excluding hydrogens is 845 g/mol. The quantitative estimate of drug-likeness (QED) is 0.0444.